The van der Waals surface area contributed by atoms with Gasteiger partial charge in [0.2, 0.25) is 0 Å². The van der Waals surface area contributed by atoms with E-state index in [9.17, 15) is 14.7 Å². The molecule has 1 heterocycles. The Morgan fingerprint density at radius 3 is 2.82 bits per heavy atom. The fraction of sp³-hybridized carbons (Fsp3) is 0.333. The molecule has 2 aliphatic carbocycles. The number of carboxylic acids is 1. The number of Topliss-reactive ketones (excluding diaryl/α,β-unsaturated/α-hetero) is 1. The van der Waals surface area contributed by atoms with Crippen molar-refractivity contribution in [3.8, 4) is 0 Å². The number of carboxylic acid groups (broad SMARTS) is 1. The van der Waals surface area contributed by atoms with Gasteiger partial charge in [0, 0.05) is 15.4 Å². The molecule has 1 N–H and O–H groups in total. The minimum absolute atomic E-state index is 0.261. The lowest BCUT2D eigenvalue weighted by molar-refractivity contribution is -0.141. The molecule has 4 rings (SSSR count). The van der Waals surface area contributed by atoms with E-state index in [1.165, 1.54) is 11.1 Å². The van der Waals surface area contributed by atoms with Crippen LogP contribution in [0.4, 0.5) is 0 Å². The van der Waals surface area contributed by atoms with Crippen molar-refractivity contribution in [2.24, 2.45) is 0 Å². The molecule has 0 aromatic heterocycles. The van der Waals surface area contributed by atoms with E-state index in [0.717, 1.165) is 41.9 Å². The minimum atomic E-state index is -1.07. The normalized spacial score (nSPS) is 22.9. The molecular formula is C18H16O3S. The lowest BCUT2D eigenvalue weighted by atomic mass is 9.87. The molecule has 0 spiro atoms. The molecular weight excluding hydrogens is 296 g/mol. The van der Waals surface area contributed by atoms with E-state index >= 15 is 0 Å². The van der Waals surface area contributed by atoms with Crippen LogP contribution in [0.5, 0.6) is 0 Å². The topological polar surface area (TPSA) is 54.4 Å². The number of rotatable bonds is 1. The number of aliphatic carboxylic acids is 1. The lowest BCUT2D eigenvalue weighted by Gasteiger charge is -2.14. The van der Waals surface area contributed by atoms with Crippen molar-refractivity contribution < 1.29 is 14.7 Å². The summed E-state index contributed by atoms with van der Waals surface area (Å²) in [7, 11) is 0. The molecule has 3 nitrogen and oxygen atoms in total. The van der Waals surface area contributed by atoms with Crippen molar-refractivity contribution in [1.29, 1.82) is 0 Å². The van der Waals surface area contributed by atoms with Crippen molar-refractivity contribution in [3.63, 3.8) is 0 Å². The Morgan fingerprint density at radius 1 is 1.18 bits per heavy atom. The second kappa shape index (κ2) is 5.13. The number of aryl methyl sites for hydroxylation is 1. The first-order valence-electron chi connectivity index (χ1n) is 7.67. The van der Waals surface area contributed by atoms with Gasteiger partial charge in [0.25, 0.3) is 0 Å². The zero-order valence-corrected chi connectivity index (χ0v) is 12.9. The van der Waals surface area contributed by atoms with Crippen LogP contribution in [0.15, 0.2) is 39.7 Å². The smallest absolute Gasteiger partial charge is 0.319 e. The van der Waals surface area contributed by atoms with Gasteiger partial charge in [0.15, 0.2) is 5.78 Å². The highest BCUT2D eigenvalue weighted by Gasteiger charge is 2.38. The molecule has 4 heteroatoms. The largest absolute Gasteiger partial charge is 0.480 e. The van der Waals surface area contributed by atoms with Crippen LogP contribution in [0.2, 0.25) is 0 Å². The third kappa shape index (κ3) is 1.97. The quantitative estimate of drug-likeness (QED) is 0.805. The first-order valence-corrected chi connectivity index (χ1v) is 8.48. The third-order valence-corrected chi connectivity index (χ3v) is 5.96. The van der Waals surface area contributed by atoms with Crippen LogP contribution in [0, 0.1) is 0 Å². The van der Waals surface area contributed by atoms with E-state index in [-0.39, 0.29) is 5.78 Å². The van der Waals surface area contributed by atoms with E-state index in [1.54, 1.807) is 11.8 Å². The Labute approximate surface area is 133 Å². The Morgan fingerprint density at radius 2 is 2.00 bits per heavy atom. The monoisotopic (exact) mass is 312 g/mol. The molecule has 1 aromatic carbocycles. The summed E-state index contributed by atoms with van der Waals surface area (Å²) in [5.74, 6) is -2.37. The maximum absolute atomic E-state index is 12.8. The Kier molecular flexibility index (Phi) is 3.22. The summed E-state index contributed by atoms with van der Waals surface area (Å²) in [6.45, 7) is 0. The standard InChI is InChI=1S/C18H16O3S/c19-16-12-5-1-2-7-14(12)22-17-11-6-3-4-10(11)8-9-13(17)15(16)18(20)21/h5,7-9,15H,1-4,6H2,(H,20,21). The van der Waals surface area contributed by atoms with Gasteiger partial charge in [-0.05, 0) is 48.8 Å². The zero-order chi connectivity index (χ0) is 15.3. The average molecular weight is 312 g/mol. The molecule has 0 fully saturated rings. The summed E-state index contributed by atoms with van der Waals surface area (Å²) in [6.07, 6.45) is 8.87. The van der Waals surface area contributed by atoms with Gasteiger partial charge in [-0.3, -0.25) is 9.59 Å². The number of benzene rings is 1. The summed E-state index contributed by atoms with van der Waals surface area (Å²) in [6, 6.07) is 3.88. The van der Waals surface area contributed by atoms with Crippen LogP contribution in [-0.2, 0) is 22.4 Å². The molecule has 1 aliphatic heterocycles. The van der Waals surface area contributed by atoms with Gasteiger partial charge in [0.1, 0.15) is 5.92 Å². The molecule has 22 heavy (non-hydrogen) atoms. The van der Waals surface area contributed by atoms with E-state index in [0.29, 0.717) is 11.1 Å². The number of carbonyl (C=O) groups is 2. The van der Waals surface area contributed by atoms with Gasteiger partial charge >= 0.3 is 5.97 Å². The molecule has 0 amide bonds. The average Bonchev–Trinajstić information content (AvgIpc) is 2.93. The highest BCUT2D eigenvalue weighted by molar-refractivity contribution is 8.03. The zero-order valence-electron chi connectivity index (χ0n) is 12.1. The molecule has 0 radical (unpaired) electrons. The molecule has 1 atom stereocenters. The molecule has 112 valence electrons. The van der Waals surface area contributed by atoms with E-state index in [4.69, 9.17) is 0 Å². The van der Waals surface area contributed by atoms with Crippen LogP contribution in [0.1, 0.15) is 41.9 Å². The van der Waals surface area contributed by atoms with Gasteiger partial charge in [-0.2, -0.15) is 0 Å². The van der Waals surface area contributed by atoms with Crippen LogP contribution >= 0.6 is 11.8 Å². The van der Waals surface area contributed by atoms with Crippen molar-refractivity contribution in [2.75, 3.05) is 0 Å². The summed E-state index contributed by atoms with van der Waals surface area (Å²) >= 11 is 1.60. The third-order valence-electron chi connectivity index (χ3n) is 4.67. The number of hydrogen-bond acceptors (Lipinski definition) is 3. The number of hydrogen-bond donors (Lipinski definition) is 1. The van der Waals surface area contributed by atoms with E-state index < -0.39 is 11.9 Å². The highest BCUT2D eigenvalue weighted by Crippen LogP contribution is 2.48. The van der Waals surface area contributed by atoms with Gasteiger partial charge in [0.05, 0.1) is 0 Å². The lowest BCUT2D eigenvalue weighted by Crippen LogP contribution is -2.23. The van der Waals surface area contributed by atoms with Gasteiger partial charge in [-0.25, -0.2) is 0 Å². The maximum Gasteiger partial charge on any atom is 0.319 e. The summed E-state index contributed by atoms with van der Waals surface area (Å²) in [5, 5.41) is 9.64. The van der Waals surface area contributed by atoms with Crippen LogP contribution in [0.3, 0.4) is 0 Å². The fourth-order valence-electron chi connectivity index (χ4n) is 3.62. The van der Waals surface area contributed by atoms with Crippen LogP contribution < -0.4 is 0 Å². The number of allylic oxidation sites excluding steroid dienone is 3. The van der Waals surface area contributed by atoms with Gasteiger partial charge in [-0.1, -0.05) is 36.0 Å². The Bertz CT molecular complexity index is 758. The minimum Gasteiger partial charge on any atom is -0.480 e. The predicted molar refractivity (Wildman–Crippen MR) is 85.1 cm³/mol. The molecule has 0 bridgehead atoms. The summed E-state index contributed by atoms with van der Waals surface area (Å²) in [4.78, 5) is 26.5. The maximum atomic E-state index is 12.8. The molecule has 0 saturated heterocycles. The van der Waals surface area contributed by atoms with E-state index in [2.05, 4.69) is 6.08 Å². The number of fused-ring (bicyclic) bond motifs is 4. The summed E-state index contributed by atoms with van der Waals surface area (Å²) in [5.41, 5.74) is 3.85. The first kappa shape index (κ1) is 13.8. The second-order valence-electron chi connectivity index (χ2n) is 5.98. The fourth-order valence-corrected chi connectivity index (χ4v) is 5.00. The molecule has 1 unspecified atom stereocenters. The summed E-state index contributed by atoms with van der Waals surface area (Å²) < 4.78 is 0. The SMILES string of the molecule is O=C(O)C1C(=O)C2=CCCC=C2Sc2c1ccc1c2CCC1. The molecule has 1 aromatic rings. The second-order valence-corrected chi connectivity index (χ2v) is 7.03. The number of thioether (sulfide) groups is 1. The number of ketones is 1. The van der Waals surface area contributed by atoms with Crippen molar-refractivity contribution in [1.82, 2.24) is 0 Å². The van der Waals surface area contributed by atoms with E-state index in [1.807, 2.05) is 18.2 Å². The van der Waals surface area contributed by atoms with Gasteiger partial charge < -0.3 is 5.11 Å². The van der Waals surface area contributed by atoms with Gasteiger partial charge in [-0.15, -0.1) is 0 Å². The predicted octanol–water partition coefficient (Wildman–Crippen LogP) is 3.62. The Balaban J connectivity index is 1.97. The van der Waals surface area contributed by atoms with Crippen LogP contribution in [-0.4, -0.2) is 16.9 Å². The van der Waals surface area contributed by atoms with Crippen molar-refractivity contribution in [2.45, 2.75) is 42.9 Å². The molecule has 3 aliphatic rings. The highest BCUT2D eigenvalue weighted by atomic mass is 32.2. The molecule has 0 saturated carbocycles. The first-order chi connectivity index (χ1) is 10.7. The Hall–Kier alpha value is -1.81. The van der Waals surface area contributed by atoms with Crippen molar-refractivity contribution >= 4 is 23.5 Å². The van der Waals surface area contributed by atoms with Crippen molar-refractivity contribution in [3.05, 3.63) is 51.5 Å². The number of carbonyl (C=O) groups excluding carboxylic acids is 1. The van der Waals surface area contributed by atoms with Crippen LogP contribution in [0.25, 0.3) is 0 Å².